The predicted octanol–water partition coefficient (Wildman–Crippen LogP) is 0.351. The Bertz CT molecular complexity index is 199. The van der Waals surface area contributed by atoms with Gasteiger partial charge in [0.2, 0.25) is 10.0 Å². The summed E-state index contributed by atoms with van der Waals surface area (Å²) in [5.74, 6) is 0. The standard InChI is InChI=1S/C7H17NO3S/c1-7(2)12(9,10)8-5-4-6-11-3/h7-8H,4-6H2,1-3H3. The van der Waals surface area contributed by atoms with Crippen LogP contribution in [0, 0.1) is 0 Å². The molecule has 0 saturated heterocycles. The fraction of sp³-hybridized carbons (Fsp3) is 1.00. The summed E-state index contributed by atoms with van der Waals surface area (Å²) in [6, 6.07) is 0. The first-order valence-electron chi connectivity index (χ1n) is 3.98. The summed E-state index contributed by atoms with van der Waals surface area (Å²) in [5.41, 5.74) is 0. The summed E-state index contributed by atoms with van der Waals surface area (Å²) in [6.07, 6.45) is 0.711. The van der Waals surface area contributed by atoms with Crippen LogP contribution in [0.1, 0.15) is 20.3 Å². The van der Waals surface area contributed by atoms with Crippen molar-refractivity contribution >= 4 is 10.0 Å². The summed E-state index contributed by atoms with van der Waals surface area (Å²) in [4.78, 5) is 0. The van der Waals surface area contributed by atoms with E-state index < -0.39 is 10.0 Å². The maximum atomic E-state index is 11.1. The van der Waals surface area contributed by atoms with Gasteiger partial charge in [-0.05, 0) is 20.3 Å². The minimum absolute atomic E-state index is 0.361. The third-order valence-corrected chi connectivity index (χ3v) is 3.30. The molecule has 0 atom stereocenters. The molecule has 0 amide bonds. The molecule has 0 rings (SSSR count). The number of hydrogen-bond donors (Lipinski definition) is 1. The van der Waals surface area contributed by atoms with Crippen LogP contribution in [0.15, 0.2) is 0 Å². The number of ether oxygens (including phenoxy) is 1. The van der Waals surface area contributed by atoms with Crippen LogP contribution < -0.4 is 4.72 Å². The maximum absolute atomic E-state index is 11.1. The van der Waals surface area contributed by atoms with Crippen molar-refractivity contribution in [2.75, 3.05) is 20.3 Å². The Morgan fingerprint density at radius 1 is 1.42 bits per heavy atom. The summed E-state index contributed by atoms with van der Waals surface area (Å²) < 4.78 is 29.6. The van der Waals surface area contributed by atoms with Crippen molar-refractivity contribution in [1.82, 2.24) is 4.72 Å². The van der Waals surface area contributed by atoms with Crippen LogP contribution in [0.3, 0.4) is 0 Å². The molecular weight excluding hydrogens is 178 g/mol. The molecular formula is C7H17NO3S. The SMILES string of the molecule is COCCCNS(=O)(=O)C(C)C. The van der Waals surface area contributed by atoms with E-state index in [1.165, 1.54) is 0 Å². The summed E-state index contributed by atoms with van der Waals surface area (Å²) in [7, 11) is -1.49. The van der Waals surface area contributed by atoms with E-state index >= 15 is 0 Å². The molecule has 0 aromatic rings. The average molecular weight is 195 g/mol. The van der Waals surface area contributed by atoms with Gasteiger partial charge in [-0.2, -0.15) is 0 Å². The molecule has 0 aliphatic carbocycles. The van der Waals surface area contributed by atoms with Gasteiger partial charge in [-0.3, -0.25) is 0 Å². The lowest BCUT2D eigenvalue weighted by atomic mass is 10.5. The van der Waals surface area contributed by atoms with Crippen LogP contribution >= 0.6 is 0 Å². The Hall–Kier alpha value is -0.130. The molecule has 0 aromatic carbocycles. The van der Waals surface area contributed by atoms with Crippen LogP contribution in [0.25, 0.3) is 0 Å². The number of sulfonamides is 1. The van der Waals surface area contributed by atoms with Crippen molar-refractivity contribution in [2.45, 2.75) is 25.5 Å². The lowest BCUT2D eigenvalue weighted by Crippen LogP contribution is -2.31. The molecule has 4 nitrogen and oxygen atoms in total. The van der Waals surface area contributed by atoms with E-state index in [1.54, 1.807) is 21.0 Å². The van der Waals surface area contributed by atoms with Gasteiger partial charge in [-0.25, -0.2) is 13.1 Å². The second-order valence-electron chi connectivity index (χ2n) is 2.83. The van der Waals surface area contributed by atoms with Crippen molar-refractivity contribution in [3.05, 3.63) is 0 Å². The molecule has 74 valence electrons. The predicted molar refractivity (Wildman–Crippen MR) is 48.6 cm³/mol. The average Bonchev–Trinajstić information content (AvgIpc) is 1.98. The number of hydrogen-bond acceptors (Lipinski definition) is 3. The molecule has 0 aromatic heterocycles. The molecule has 12 heavy (non-hydrogen) atoms. The lowest BCUT2D eigenvalue weighted by Gasteiger charge is -2.08. The fourth-order valence-corrected chi connectivity index (χ4v) is 1.36. The van der Waals surface area contributed by atoms with Gasteiger partial charge in [0.05, 0.1) is 5.25 Å². The van der Waals surface area contributed by atoms with Gasteiger partial charge in [0.15, 0.2) is 0 Å². The highest BCUT2D eigenvalue weighted by molar-refractivity contribution is 7.90. The van der Waals surface area contributed by atoms with E-state index in [0.29, 0.717) is 19.6 Å². The normalized spacial score (nSPS) is 12.3. The van der Waals surface area contributed by atoms with Crippen molar-refractivity contribution in [3.63, 3.8) is 0 Å². The molecule has 5 heteroatoms. The van der Waals surface area contributed by atoms with Crippen molar-refractivity contribution in [1.29, 1.82) is 0 Å². The zero-order valence-electron chi connectivity index (χ0n) is 7.83. The maximum Gasteiger partial charge on any atom is 0.213 e. The van der Waals surface area contributed by atoms with Crippen molar-refractivity contribution < 1.29 is 13.2 Å². The lowest BCUT2D eigenvalue weighted by molar-refractivity contribution is 0.196. The minimum Gasteiger partial charge on any atom is -0.385 e. The molecule has 1 N–H and O–H groups in total. The zero-order valence-corrected chi connectivity index (χ0v) is 8.65. The van der Waals surface area contributed by atoms with Crippen LogP contribution in [0.2, 0.25) is 0 Å². The molecule has 0 aliphatic heterocycles. The van der Waals surface area contributed by atoms with Crippen LogP contribution in [-0.4, -0.2) is 33.9 Å². The van der Waals surface area contributed by atoms with Gasteiger partial charge < -0.3 is 4.74 Å². The molecule has 0 fully saturated rings. The Morgan fingerprint density at radius 3 is 2.42 bits per heavy atom. The topological polar surface area (TPSA) is 55.4 Å². The van der Waals surface area contributed by atoms with Crippen molar-refractivity contribution in [2.24, 2.45) is 0 Å². The van der Waals surface area contributed by atoms with Crippen LogP contribution in [0.5, 0.6) is 0 Å². The van der Waals surface area contributed by atoms with Gasteiger partial charge in [-0.15, -0.1) is 0 Å². The first-order valence-corrected chi connectivity index (χ1v) is 5.52. The van der Waals surface area contributed by atoms with Gasteiger partial charge in [0.25, 0.3) is 0 Å². The molecule has 0 radical (unpaired) electrons. The van der Waals surface area contributed by atoms with E-state index in [4.69, 9.17) is 4.74 Å². The Kier molecular flexibility index (Phi) is 5.44. The van der Waals surface area contributed by atoms with Gasteiger partial charge >= 0.3 is 0 Å². The van der Waals surface area contributed by atoms with E-state index in [2.05, 4.69) is 4.72 Å². The highest BCUT2D eigenvalue weighted by Gasteiger charge is 2.13. The quantitative estimate of drug-likeness (QED) is 0.622. The van der Waals surface area contributed by atoms with Crippen LogP contribution in [-0.2, 0) is 14.8 Å². The second kappa shape index (κ2) is 5.50. The van der Waals surface area contributed by atoms with Gasteiger partial charge in [0, 0.05) is 20.3 Å². The van der Waals surface area contributed by atoms with Gasteiger partial charge in [0.1, 0.15) is 0 Å². The summed E-state index contributed by atoms with van der Waals surface area (Å²) in [5, 5.41) is -0.361. The largest absolute Gasteiger partial charge is 0.385 e. The molecule has 0 aliphatic rings. The van der Waals surface area contributed by atoms with Crippen molar-refractivity contribution in [3.8, 4) is 0 Å². The van der Waals surface area contributed by atoms with Crippen LogP contribution in [0.4, 0.5) is 0 Å². The zero-order chi connectivity index (χ0) is 9.61. The van der Waals surface area contributed by atoms with E-state index in [-0.39, 0.29) is 5.25 Å². The first-order chi connectivity index (χ1) is 5.50. The third-order valence-electron chi connectivity index (χ3n) is 1.45. The molecule has 0 spiro atoms. The first kappa shape index (κ1) is 11.9. The number of nitrogens with one attached hydrogen (secondary N) is 1. The third kappa shape index (κ3) is 4.69. The monoisotopic (exact) mass is 195 g/mol. The summed E-state index contributed by atoms with van der Waals surface area (Å²) >= 11 is 0. The number of methoxy groups -OCH3 is 1. The molecule has 0 saturated carbocycles. The Labute approximate surface area is 74.4 Å². The summed E-state index contributed by atoms with van der Waals surface area (Å²) in [6.45, 7) is 4.34. The molecule has 0 bridgehead atoms. The van der Waals surface area contributed by atoms with E-state index in [1.807, 2.05) is 0 Å². The van der Waals surface area contributed by atoms with E-state index in [0.717, 1.165) is 0 Å². The Morgan fingerprint density at radius 2 is 2.00 bits per heavy atom. The highest BCUT2D eigenvalue weighted by Crippen LogP contribution is 1.95. The minimum atomic E-state index is -3.08. The highest BCUT2D eigenvalue weighted by atomic mass is 32.2. The second-order valence-corrected chi connectivity index (χ2v) is 5.16. The fourth-order valence-electron chi connectivity index (χ4n) is 0.598. The number of rotatable bonds is 6. The molecule has 0 unspecified atom stereocenters. The van der Waals surface area contributed by atoms with E-state index in [9.17, 15) is 8.42 Å². The molecule has 0 heterocycles. The van der Waals surface area contributed by atoms with Gasteiger partial charge in [-0.1, -0.05) is 0 Å². The smallest absolute Gasteiger partial charge is 0.213 e. The Balaban J connectivity index is 3.63.